The van der Waals surface area contributed by atoms with E-state index in [-0.39, 0.29) is 11.7 Å². The van der Waals surface area contributed by atoms with Crippen molar-refractivity contribution in [2.75, 3.05) is 0 Å². The zero-order valence-corrected chi connectivity index (χ0v) is 8.58. The molecular formula is C13H14O. The van der Waals surface area contributed by atoms with Gasteiger partial charge in [-0.3, -0.25) is 4.79 Å². The van der Waals surface area contributed by atoms with Gasteiger partial charge in [-0.2, -0.15) is 0 Å². The van der Waals surface area contributed by atoms with Gasteiger partial charge in [0.15, 0.2) is 0 Å². The Morgan fingerprint density at radius 3 is 2.57 bits per heavy atom. The molecule has 0 aliphatic carbocycles. The topological polar surface area (TPSA) is 17.1 Å². The Morgan fingerprint density at radius 1 is 1.36 bits per heavy atom. The van der Waals surface area contributed by atoms with E-state index in [4.69, 9.17) is 0 Å². The van der Waals surface area contributed by atoms with Crippen LogP contribution in [0.4, 0.5) is 0 Å². The van der Waals surface area contributed by atoms with E-state index in [1.165, 1.54) is 0 Å². The van der Waals surface area contributed by atoms with Crippen LogP contribution in [0.3, 0.4) is 0 Å². The molecule has 1 aromatic carbocycles. The minimum Gasteiger partial charge on any atom is -0.300 e. The molecule has 1 heteroatoms. The number of carbonyl (C=O) groups is 1. The summed E-state index contributed by atoms with van der Waals surface area (Å²) >= 11 is 0. The van der Waals surface area contributed by atoms with E-state index in [1.807, 2.05) is 37.3 Å². The summed E-state index contributed by atoms with van der Waals surface area (Å²) < 4.78 is 0. The second-order valence-corrected chi connectivity index (χ2v) is 3.44. The van der Waals surface area contributed by atoms with Gasteiger partial charge in [-0.15, -0.1) is 0 Å². The fourth-order valence-electron chi connectivity index (χ4n) is 1.21. The van der Waals surface area contributed by atoms with Gasteiger partial charge in [-0.25, -0.2) is 0 Å². The average Bonchev–Trinajstić information content (AvgIpc) is 2.15. The lowest BCUT2D eigenvalue weighted by Crippen LogP contribution is -1.98. The largest absolute Gasteiger partial charge is 0.300 e. The van der Waals surface area contributed by atoms with E-state index in [2.05, 4.69) is 11.8 Å². The molecule has 0 radical (unpaired) electrons. The number of ketones is 1. The Hall–Kier alpha value is -1.55. The Kier molecular flexibility index (Phi) is 3.94. The second-order valence-electron chi connectivity index (χ2n) is 3.44. The van der Waals surface area contributed by atoms with E-state index in [0.29, 0.717) is 6.42 Å². The predicted octanol–water partition coefficient (Wildman–Crippen LogP) is 2.65. The van der Waals surface area contributed by atoms with Gasteiger partial charge >= 0.3 is 0 Å². The summed E-state index contributed by atoms with van der Waals surface area (Å²) in [6, 6.07) is 9.81. The number of rotatable bonds is 2. The van der Waals surface area contributed by atoms with Crippen molar-refractivity contribution in [3.05, 3.63) is 35.9 Å². The number of carbonyl (C=O) groups excluding carboxylic acids is 1. The fraction of sp³-hybridized carbons (Fsp3) is 0.308. The molecule has 72 valence electrons. The Labute approximate surface area is 85.1 Å². The molecule has 0 saturated carbocycles. The molecule has 0 N–H and O–H groups in total. The van der Waals surface area contributed by atoms with Crippen molar-refractivity contribution in [1.29, 1.82) is 0 Å². The van der Waals surface area contributed by atoms with E-state index in [9.17, 15) is 4.79 Å². The van der Waals surface area contributed by atoms with Crippen molar-refractivity contribution in [2.45, 2.75) is 20.3 Å². The van der Waals surface area contributed by atoms with Gasteiger partial charge in [0.25, 0.3) is 0 Å². The van der Waals surface area contributed by atoms with Gasteiger partial charge in [0.2, 0.25) is 0 Å². The number of hydrogen-bond donors (Lipinski definition) is 0. The van der Waals surface area contributed by atoms with E-state index in [1.54, 1.807) is 6.92 Å². The maximum Gasteiger partial charge on any atom is 0.131 e. The molecule has 1 atom stereocenters. The highest BCUT2D eigenvalue weighted by Crippen LogP contribution is 2.01. The summed E-state index contributed by atoms with van der Waals surface area (Å²) in [7, 11) is 0. The molecule has 0 aromatic heterocycles. The van der Waals surface area contributed by atoms with Gasteiger partial charge in [-0.05, 0) is 19.1 Å². The van der Waals surface area contributed by atoms with Crippen molar-refractivity contribution >= 4 is 5.78 Å². The summed E-state index contributed by atoms with van der Waals surface area (Å²) in [5.74, 6) is 6.45. The lowest BCUT2D eigenvalue weighted by molar-refractivity contribution is -0.117. The van der Waals surface area contributed by atoms with Crippen LogP contribution in [-0.2, 0) is 4.79 Å². The zero-order valence-electron chi connectivity index (χ0n) is 8.58. The normalized spacial score (nSPS) is 11.3. The molecule has 14 heavy (non-hydrogen) atoms. The molecule has 0 aliphatic heterocycles. The van der Waals surface area contributed by atoms with Crippen molar-refractivity contribution < 1.29 is 4.79 Å². The molecule has 0 saturated heterocycles. The third-order valence-electron chi connectivity index (χ3n) is 1.83. The first-order chi connectivity index (χ1) is 6.68. The predicted molar refractivity (Wildman–Crippen MR) is 57.8 cm³/mol. The summed E-state index contributed by atoms with van der Waals surface area (Å²) in [6.45, 7) is 3.57. The smallest absolute Gasteiger partial charge is 0.131 e. The van der Waals surface area contributed by atoms with E-state index >= 15 is 0 Å². The molecule has 0 bridgehead atoms. The van der Waals surface area contributed by atoms with Crippen LogP contribution in [0, 0.1) is 17.8 Å². The minimum absolute atomic E-state index is 0.146. The fourth-order valence-corrected chi connectivity index (χ4v) is 1.21. The first-order valence-electron chi connectivity index (χ1n) is 4.74. The molecule has 0 fully saturated rings. The van der Waals surface area contributed by atoms with Crippen LogP contribution in [0.25, 0.3) is 0 Å². The Morgan fingerprint density at radius 2 is 2.00 bits per heavy atom. The Bertz CT molecular complexity index is 354. The third kappa shape index (κ3) is 3.91. The van der Waals surface area contributed by atoms with Gasteiger partial charge < -0.3 is 0 Å². The van der Waals surface area contributed by atoms with Gasteiger partial charge in [0.1, 0.15) is 5.78 Å². The highest BCUT2D eigenvalue weighted by Gasteiger charge is 1.99. The first kappa shape index (κ1) is 10.5. The lowest BCUT2D eigenvalue weighted by Gasteiger charge is -1.97. The standard InChI is InChI=1S/C13H14O/c1-11(10-12(2)14)8-9-13-6-4-3-5-7-13/h3-7,11H,10H2,1-2H3/t11-/m1/s1. The van der Waals surface area contributed by atoms with Crippen LogP contribution >= 0.6 is 0 Å². The maximum absolute atomic E-state index is 10.8. The SMILES string of the molecule is CC(=O)C[C@H](C)C#Cc1ccccc1. The second kappa shape index (κ2) is 5.24. The quantitative estimate of drug-likeness (QED) is 0.649. The van der Waals surface area contributed by atoms with Crippen LogP contribution in [0.1, 0.15) is 25.8 Å². The van der Waals surface area contributed by atoms with Crippen LogP contribution in [0.15, 0.2) is 30.3 Å². The highest BCUT2D eigenvalue weighted by atomic mass is 16.1. The van der Waals surface area contributed by atoms with Gasteiger partial charge in [-0.1, -0.05) is 37.0 Å². The highest BCUT2D eigenvalue weighted by molar-refractivity contribution is 5.76. The first-order valence-corrected chi connectivity index (χ1v) is 4.74. The van der Waals surface area contributed by atoms with Crippen LogP contribution in [0.5, 0.6) is 0 Å². The monoisotopic (exact) mass is 186 g/mol. The van der Waals surface area contributed by atoms with Crippen molar-refractivity contribution in [1.82, 2.24) is 0 Å². The summed E-state index contributed by atoms with van der Waals surface area (Å²) in [5.41, 5.74) is 1.00. The number of Topliss-reactive ketones (excluding diaryl/α,β-unsaturated/α-hetero) is 1. The molecule has 0 unspecified atom stereocenters. The van der Waals surface area contributed by atoms with E-state index < -0.39 is 0 Å². The van der Waals surface area contributed by atoms with Crippen molar-refractivity contribution in [3.8, 4) is 11.8 Å². The number of hydrogen-bond acceptors (Lipinski definition) is 1. The summed E-state index contributed by atoms with van der Waals surface area (Å²) in [5, 5.41) is 0. The third-order valence-corrected chi connectivity index (χ3v) is 1.83. The molecule has 0 aliphatic rings. The average molecular weight is 186 g/mol. The van der Waals surface area contributed by atoms with Crippen molar-refractivity contribution in [3.63, 3.8) is 0 Å². The minimum atomic E-state index is 0.146. The number of benzene rings is 1. The zero-order chi connectivity index (χ0) is 10.4. The molecule has 0 heterocycles. The van der Waals surface area contributed by atoms with E-state index in [0.717, 1.165) is 5.56 Å². The van der Waals surface area contributed by atoms with Crippen LogP contribution in [0.2, 0.25) is 0 Å². The molecule has 1 rings (SSSR count). The van der Waals surface area contributed by atoms with Gasteiger partial charge in [0, 0.05) is 17.9 Å². The molecule has 0 spiro atoms. The lowest BCUT2D eigenvalue weighted by atomic mass is 10.1. The van der Waals surface area contributed by atoms with Crippen molar-refractivity contribution in [2.24, 2.45) is 5.92 Å². The summed E-state index contributed by atoms with van der Waals surface area (Å²) in [4.78, 5) is 10.8. The molecule has 1 nitrogen and oxygen atoms in total. The maximum atomic E-state index is 10.8. The molecular weight excluding hydrogens is 172 g/mol. The van der Waals surface area contributed by atoms with Crippen LogP contribution in [-0.4, -0.2) is 5.78 Å². The van der Waals surface area contributed by atoms with Gasteiger partial charge in [0.05, 0.1) is 0 Å². The Balaban J connectivity index is 2.60. The summed E-state index contributed by atoms with van der Waals surface area (Å²) in [6.07, 6.45) is 0.542. The molecule has 1 aromatic rings. The molecule has 0 amide bonds. The van der Waals surface area contributed by atoms with Crippen LogP contribution < -0.4 is 0 Å².